The van der Waals surface area contributed by atoms with E-state index in [0.717, 1.165) is 39.9 Å². The molecule has 7 heteroatoms. The fraction of sp³-hybridized carbons (Fsp3) is 0.0769. The van der Waals surface area contributed by atoms with Crippen molar-refractivity contribution in [2.24, 2.45) is 0 Å². The molecule has 2 aliphatic heterocycles. The van der Waals surface area contributed by atoms with Crippen LogP contribution in [0.5, 0.6) is 11.5 Å². The van der Waals surface area contributed by atoms with Gasteiger partial charge in [-0.15, -0.1) is 0 Å². The Hall–Kier alpha value is -5.63. The zero-order chi connectivity index (χ0) is 39.2. The van der Waals surface area contributed by atoms with Gasteiger partial charge >= 0.3 is 220 Å². The van der Waals surface area contributed by atoms with Gasteiger partial charge in [-0.05, 0) is 34.2 Å². The molecule has 0 bridgehead atoms. The second kappa shape index (κ2) is 16.2. The molecular formula is C52H39N4OPtTe-3. The van der Waals surface area contributed by atoms with Gasteiger partial charge in [-0.1, -0.05) is 87.5 Å². The Kier molecular flexibility index (Phi) is 10.7. The summed E-state index contributed by atoms with van der Waals surface area (Å²) >= 11 is -0.621. The van der Waals surface area contributed by atoms with Crippen LogP contribution < -0.4 is 26.7 Å². The quantitative estimate of drug-likeness (QED) is 0.117. The van der Waals surface area contributed by atoms with Crippen LogP contribution in [0.25, 0.3) is 22.3 Å². The first-order valence-electron chi connectivity index (χ1n) is 19.5. The number of rotatable bonds is 7. The van der Waals surface area contributed by atoms with Gasteiger partial charge in [-0.25, -0.2) is 0 Å². The Labute approximate surface area is 371 Å². The van der Waals surface area contributed by atoms with Crippen LogP contribution in [0.4, 0.5) is 39.9 Å². The third kappa shape index (κ3) is 7.47. The number of ether oxygens (including phenoxy) is 1. The van der Waals surface area contributed by atoms with Crippen molar-refractivity contribution in [3.63, 3.8) is 0 Å². The molecule has 7 aromatic carbocycles. The van der Waals surface area contributed by atoms with Gasteiger partial charge in [0.15, 0.2) is 0 Å². The number of nitrogens with zero attached hydrogens (tertiary/aromatic N) is 4. The van der Waals surface area contributed by atoms with Crippen molar-refractivity contribution in [2.75, 3.05) is 14.7 Å². The van der Waals surface area contributed by atoms with Crippen molar-refractivity contribution < 1.29 is 25.8 Å². The molecule has 0 radical (unpaired) electrons. The van der Waals surface area contributed by atoms with Gasteiger partial charge in [-0.3, -0.25) is 0 Å². The predicted molar refractivity (Wildman–Crippen MR) is 239 cm³/mol. The summed E-state index contributed by atoms with van der Waals surface area (Å²) in [5, 5.41) is 0. The van der Waals surface area contributed by atoms with E-state index in [0.29, 0.717) is 11.5 Å². The zero-order valence-electron chi connectivity index (χ0n) is 32.7. The first-order chi connectivity index (χ1) is 28.4. The van der Waals surface area contributed by atoms with E-state index >= 15 is 0 Å². The Bertz CT molecular complexity index is 2710. The van der Waals surface area contributed by atoms with Crippen LogP contribution in [0, 0.1) is 18.8 Å². The minimum Gasteiger partial charge on any atom is -0.0622 e. The van der Waals surface area contributed by atoms with Gasteiger partial charge in [-0.2, -0.15) is 0 Å². The molecule has 59 heavy (non-hydrogen) atoms. The molecule has 292 valence electrons. The first-order valence-corrected chi connectivity index (χ1v) is 21.8. The van der Waals surface area contributed by atoms with E-state index in [9.17, 15) is 0 Å². The van der Waals surface area contributed by atoms with Crippen LogP contribution in [-0.2, 0) is 26.5 Å². The molecule has 1 aromatic heterocycles. The Balaban J connectivity index is 0.00000449. The van der Waals surface area contributed by atoms with E-state index in [1.54, 1.807) is 0 Å². The minimum absolute atomic E-state index is 0. The number of benzene rings is 7. The molecule has 0 aliphatic carbocycles. The summed E-state index contributed by atoms with van der Waals surface area (Å²) in [6.07, 6.45) is 1.84. The average Bonchev–Trinajstić information content (AvgIpc) is 3.65. The van der Waals surface area contributed by atoms with E-state index in [2.05, 4.69) is 188 Å². The van der Waals surface area contributed by atoms with E-state index < -0.39 is 20.9 Å². The molecule has 0 N–H and O–H groups in total. The second-order valence-electron chi connectivity index (χ2n) is 15.4. The Morgan fingerprint density at radius 3 is 1.85 bits per heavy atom. The molecule has 0 saturated carbocycles. The molecule has 10 rings (SSSR count). The van der Waals surface area contributed by atoms with E-state index in [1.165, 1.54) is 35.0 Å². The number of pyridine rings is 1. The molecule has 0 saturated heterocycles. The van der Waals surface area contributed by atoms with Crippen LogP contribution in [0.1, 0.15) is 26.3 Å². The zero-order valence-corrected chi connectivity index (χ0v) is 37.3. The van der Waals surface area contributed by atoms with Crippen molar-refractivity contribution in [3.05, 3.63) is 200 Å². The number of para-hydroxylation sites is 3. The normalized spacial score (nSPS) is 13.0. The minimum atomic E-state index is -0.621. The van der Waals surface area contributed by atoms with Crippen LogP contribution in [0.2, 0.25) is 0 Å². The van der Waals surface area contributed by atoms with Gasteiger partial charge in [0.2, 0.25) is 0 Å². The summed E-state index contributed by atoms with van der Waals surface area (Å²) in [5.74, 6) is 2.10. The number of aromatic nitrogens is 1. The van der Waals surface area contributed by atoms with Gasteiger partial charge in [0, 0.05) is 32.2 Å². The number of hydrogen-bond donors (Lipinski definition) is 0. The molecule has 3 heterocycles. The molecule has 0 spiro atoms. The summed E-state index contributed by atoms with van der Waals surface area (Å²) in [6.45, 7) is 9.06. The fourth-order valence-corrected chi connectivity index (χ4v) is 10.6. The van der Waals surface area contributed by atoms with E-state index in [4.69, 9.17) is 9.72 Å². The SMILES string of the molecule is CC(C)(C)c1cc(-c2ccccc2)c(N2[CH-]N(c3[c-]c(Oc4[c-]c5c(cc4)[Te]c4ccccc4N5c4ccccn4)ccc3)c3ccccc32)c(-c2ccccc2)c1.[Pt]. The molecular weight excluding hydrogens is 1020 g/mol. The largest absolute Gasteiger partial charge is 0.0622 e. The number of hydrogen-bond acceptors (Lipinski definition) is 5. The second-order valence-corrected chi connectivity index (χ2v) is 18.5. The summed E-state index contributed by atoms with van der Waals surface area (Å²) in [6, 6.07) is 67.0. The molecule has 8 aromatic rings. The van der Waals surface area contributed by atoms with Gasteiger partial charge in [0.25, 0.3) is 0 Å². The maximum absolute atomic E-state index is 6.62. The molecule has 0 fully saturated rings. The van der Waals surface area contributed by atoms with E-state index in [-0.39, 0.29) is 26.5 Å². The van der Waals surface area contributed by atoms with Crippen molar-refractivity contribution in [2.45, 2.75) is 26.2 Å². The van der Waals surface area contributed by atoms with Crippen molar-refractivity contribution >= 4 is 68.1 Å². The summed E-state index contributed by atoms with van der Waals surface area (Å²) < 4.78 is 9.29. The third-order valence-corrected chi connectivity index (χ3v) is 13.7. The van der Waals surface area contributed by atoms with Gasteiger partial charge < -0.3 is 0 Å². The summed E-state index contributed by atoms with van der Waals surface area (Å²) in [4.78, 5) is 11.5. The molecule has 5 nitrogen and oxygen atoms in total. The van der Waals surface area contributed by atoms with Gasteiger partial charge in [0.05, 0.1) is 0 Å². The van der Waals surface area contributed by atoms with Crippen molar-refractivity contribution in [1.29, 1.82) is 0 Å². The number of anilines is 7. The Morgan fingerprint density at radius 2 is 1.19 bits per heavy atom. The number of fused-ring (bicyclic) bond motifs is 3. The standard InChI is InChI=1S/C52H39N4OTe.Pt/c1-52(2,3)38-31-42(36-17-6-4-7-18-36)51(43(32-38)37-19-8-5-9-20-37)55-35-54(44-23-10-11-24-45(44)55)39-21-16-22-40(33-39)57-41-28-29-49-47(34-41)56(50-27-14-15-30-53-50)46-25-12-13-26-48(46)58-49;/h4-32,35H,1-3H3;/q-3;. The fourth-order valence-electron chi connectivity index (χ4n) is 7.69. The van der Waals surface area contributed by atoms with Gasteiger partial charge in [0.1, 0.15) is 0 Å². The molecule has 2 aliphatic rings. The Morgan fingerprint density at radius 1 is 0.576 bits per heavy atom. The maximum Gasteiger partial charge on any atom is 0.00382 e. The van der Waals surface area contributed by atoms with Crippen molar-refractivity contribution in [1.82, 2.24) is 4.98 Å². The average molecular weight is 1060 g/mol. The molecule has 0 amide bonds. The predicted octanol–water partition coefficient (Wildman–Crippen LogP) is 12.0. The van der Waals surface area contributed by atoms with E-state index in [1.807, 2.05) is 42.6 Å². The van der Waals surface area contributed by atoms with Crippen molar-refractivity contribution in [3.8, 4) is 33.8 Å². The van der Waals surface area contributed by atoms with Crippen LogP contribution in [0.3, 0.4) is 0 Å². The van der Waals surface area contributed by atoms with Crippen LogP contribution >= 0.6 is 0 Å². The monoisotopic (exact) mass is 1060 g/mol. The molecule has 0 unspecified atom stereocenters. The smallest absolute Gasteiger partial charge is 0.00382 e. The third-order valence-electron chi connectivity index (χ3n) is 10.5. The van der Waals surface area contributed by atoms with Crippen LogP contribution in [-0.4, -0.2) is 25.9 Å². The molecule has 0 atom stereocenters. The maximum atomic E-state index is 6.62. The topological polar surface area (TPSA) is 31.8 Å². The first kappa shape index (κ1) is 38.9. The van der Waals surface area contributed by atoms with Crippen LogP contribution in [0.15, 0.2) is 176 Å². The summed E-state index contributed by atoms with van der Waals surface area (Å²) in [5.41, 5.74) is 12.2. The summed E-state index contributed by atoms with van der Waals surface area (Å²) in [7, 11) is 0.